The Kier molecular flexibility index (Phi) is 14.0. The van der Waals surface area contributed by atoms with Gasteiger partial charge in [-0.25, -0.2) is 0 Å². The first-order chi connectivity index (χ1) is 10.6. The van der Waals surface area contributed by atoms with E-state index in [4.69, 9.17) is 11.5 Å². The van der Waals surface area contributed by atoms with Crippen molar-refractivity contribution in [2.24, 2.45) is 11.5 Å². The Morgan fingerprint density at radius 3 is 1.59 bits per heavy atom. The van der Waals surface area contributed by atoms with Gasteiger partial charge in [-0.05, 0) is 58.9 Å². The standard InChI is InChI=1S/C15H33N5O2/c1-20(12-4-10-18-14(21)6-2-8-16)13-5-11-19-15(22)7-3-9-17/h2-13,16-17H2,1H3,(H,18,21)(H,19,22). The maximum atomic E-state index is 11.4. The van der Waals surface area contributed by atoms with Crippen LogP contribution in [0.5, 0.6) is 0 Å². The van der Waals surface area contributed by atoms with Gasteiger partial charge in [0.05, 0.1) is 0 Å². The maximum Gasteiger partial charge on any atom is 0.220 e. The van der Waals surface area contributed by atoms with Crippen LogP contribution in [0, 0.1) is 0 Å². The molecule has 0 aromatic carbocycles. The molecule has 0 spiro atoms. The highest BCUT2D eigenvalue weighted by molar-refractivity contribution is 5.76. The molecule has 6 N–H and O–H groups in total. The minimum Gasteiger partial charge on any atom is -0.356 e. The summed E-state index contributed by atoms with van der Waals surface area (Å²) in [5, 5.41) is 5.77. The van der Waals surface area contributed by atoms with E-state index < -0.39 is 0 Å². The van der Waals surface area contributed by atoms with Gasteiger partial charge >= 0.3 is 0 Å². The smallest absolute Gasteiger partial charge is 0.220 e. The Hall–Kier alpha value is -1.18. The van der Waals surface area contributed by atoms with Crippen LogP contribution in [0.1, 0.15) is 38.5 Å². The summed E-state index contributed by atoms with van der Waals surface area (Å²) in [7, 11) is 2.05. The summed E-state index contributed by atoms with van der Waals surface area (Å²) >= 11 is 0. The first-order valence-electron chi connectivity index (χ1n) is 8.22. The number of nitrogens with one attached hydrogen (secondary N) is 2. The molecule has 7 nitrogen and oxygen atoms in total. The fourth-order valence-electron chi connectivity index (χ4n) is 1.97. The van der Waals surface area contributed by atoms with E-state index in [9.17, 15) is 9.59 Å². The van der Waals surface area contributed by atoms with Gasteiger partial charge < -0.3 is 27.0 Å². The SMILES string of the molecule is CN(CCCNC(=O)CCCN)CCCNC(=O)CCCN. The van der Waals surface area contributed by atoms with Crippen molar-refractivity contribution in [3.8, 4) is 0 Å². The zero-order valence-electron chi connectivity index (χ0n) is 13.9. The van der Waals surface area contributed by atoms with E-state index in [1.54, 1.807) is 0 Å². The molecule has 0 heterocycles. The van der Waals surface area contributed by atoms with E-state index in [0.29, 0.717) is 39.0 Å². The molecular formula is C15H33N5O2. The molecule has 130 valence electrons. The minimum absolute atomic E-state index is 0.0771. The Bertz CT molecular complexity index is 272. The Balaban J connectivity index is 3.41. The van der Waals surface area contributed by atoms with Crippen molar-refractivity contribution in [2.75, 3.05) is 46.3 Å². The molecular weight excluding hydrogens is 282 g/mol. The van der Waals surface area contributed by atoms with Crippen LogP contribution in [0.2, 0.25) is 0 Å². The van der Waals surface area contributed by atoms with Crippen LogP contribution in [0.4, 0.5) is 0 Å². The molecule has 0 aromatic heterocycles. The molecule has 2 amide bonds. The van der Waals surface area contributed by atoms with Crippen molar-refractivity contribution in [1.82, 2.24) is 15.5 Å². The van der Waals surface area contributed by atoms with Gasteiger partial charge in [-0.1, -0.05) is 0 Å². The zero-order valence-corrected chi connectivity index (χ0v) is 13.9. The van der Waals surface area contributed by atoms with Gasteiger partial charge in [0.1, 0.15) is 0 Å². The summed E-state index contributed by atoms with van der Waals surface area (Å²) in [5.74, 6) is 0.154. The third-order valence-corrected chi connectivity index (χ3v) is 3.29. The number of amides is 2. The van der Waals surface area contributed by atoms with Crippen LogP contribution < -0.4 is 22.1 Å². The molecule has 0 aromatic rings. The third kappa shape index (κ3) is 13.8. The van der Waals surface area contributed by atoms with Crippen LogP contribution in [0.15, 0.2) is 0 Å². The molecule has 7 heteroatoms. The first kappa shape index (κ1) is 20.8. The predicted octanol–water partition coefficient (Wildman–Crippen LogP) is -0.591. The lowest BCUT2D eigenvalue weighted by molar-refractivity contribution is -0.121. The second-order valence-corrected chi connectivity index (χ2v) is 5.49. The van der Waals surface area contributed by atoms with Gasteiger partial charge in [-0.2, -0.15) is 0 Å². The van der Waals surface area contributed by atoms with Crippen molar-refractivity contribution in [3.63, 3.8) is 0 Å². The van der Waals surface area contributed by atoms with Gasteiger partial charge in [0.15, 0.2) is 0 Å². The number of rotatable bonds is 14. The number of carbonyl (C=O) groups excluding carboxylic acids is 2. The first-order valence-corrected chi connectivity index (χ1v) is 8.22. The van der Waals surface area contributed by atoms with Crippen LogP contribution in [0.3, 0.4) is 0 Å². The quantitative estimate of drug-likeness (QED) is 0.320. The largest absolute Gasteiger partial charge is 0.356 e. The molecule has 0 unspecified atom stereocenters. The summed E-state index contributed by atoms with van der Waals surface area (Å²) < 4.78 is 0. The fourth-order valence-corrected chi connectivity index (χ4v) is 1.97. The number of nitrogens with two attached hydrogens (primary N) is 2. The molecule has 0 saturated carbocycles. The van der Waals surface area contributed by atoms with Crippen molar-refractivity contribution < 1.29 is 9.59 Å². The van der Waals surface area contributed by atoms with Crippen LogP contribution >= 0.6 is 0 Å². The topological polar surface area (TPSA) is 113 Å². The summed E-state index contributed by atoms with van der Waals surface area (Å²) in [4.78, 5) is 24.9. The molecule has 0 fully saturated rings. The second kappa shape index (κ2) is 14.7. The van der Waals surface area contributed by atoms with Crippen LogP contribution in [-0.4, -0.2) is 63.0 Å². The predicted molar refractivity (Wildman–Crippen MR) is 89.3 cm³/mol. The summed E-state index contributed by atoms with van der Waals surface area (Å²) in [6.45, 7) is 4.36. The molecule has 0 saturated heterocycles. The molecule has 0 radical (unpaired) electrons. The Labute approximate surface area is 134 Å². The van der Waals surface area contributed by atoms with Crippen LogP contribution in [0.25, 0.3) is 0 Å². The van der Waals surface area contributed by atoms with E-state index in [1.807, 2.05) is 7.05 Å². The zero-order chi connectivity index (χ0) is 16.6. The monoisotopic (exact) mass is 315 g/mol. The minimum atomic E-state index is 0.0771. The third-order valence-electron chi connectivity index (χ3n) is 3.29. The lowest BCUT2D eigenvalue weighted by atomic mass is 10.3. The number of hydrogen-bond acceptors (Lipinski definition) is 5. The molecule has 0 atom stereocenters. The lowest BCUT2D eigenvalue weighted by Gasteiger charge is -2.16. The van der Waals surface area contributed by atoms with Gasteiger partial charge in [-0.3, -0.25) is 9.59 Å². The molecule has 0 bridgehead atoms. The number of carbonyl (C=O) groups is 2. The molecule has 0 aliphatic heterocycles. The molecule has 0 aliphatic rings. The molecule has 22 heavy (non-hydrogen) atoms. The summed E-state index contributed by atoms with van der Waals surface area (Å²) in [6, 6.07) is 0. The highest BCUT2D eigenvalue weighted by Gasteiger charge is 2.02. The highest BCUT2D eigenvalue weighted by Crippen LogP contribution is 1.92. The summed E-state index contributed by atoms with van der Waals surface area (Å²) in [5.41, 5.74) is 10.7. The van der Waals surface area contributed by atoms with Gasteiger partial charge in [0.2, 0.25) is 11.8 Å². The highest BCUT2D eigenvalue weighted by atomic mass is 16.2. The van der Waals surface area contributed by atoms with Crippen LogP contribution in [-0.2, 0) is 9.59 Å². The molecule has 0 aliphatic carbocycles. The second-order valence-electron chi connectivity index (χ2n) is 5.49. The van der Waals surface area contributed by atoms with Crippen molar-refractivity contribution in [2.45, 2.75) is 38.5 Å². The Morgan fingerprint density at radius 1 is 0.818 bits per heavy atom. The van der Waals surface area contributed by atoms with Gasteiger partial charge in [-0.15, -0.1) is 0 Å². The van der Waals surface area contributed by atoms with Crippen molar-refractivity contribution in [1.29, 1.82) is 0 Å². The fraction of sp³-hybridized carbons (Fsp3) is 0.867. The van der Waals surface area contributed by atoms with Gasteiger partial charge in [0.25, 0.3) is 0 Å². The molecule has 0 rings (SSSR count). The normalized spacial score (nSPS) is 10.7. The van der Waals surface area contributed by atoms with E-state index >= 15 is 0 Å². The summed E-state index contributed by atoms with van der Waals surface area (Å²) in [6.07, 6.45) is 4.35. The van der Waals surface area contributed by atoms with E-state index in [-0.39, 0.29) is 11.8 Å². The number of nitrogens with zero attached hydrogens (tertiary/aromatic N) is 1. The van der Waals surface area contributed by atoms with E-state index in [1.165, 1.54) is 0 Å². The lowest BCUT2D eigenvalue weighted by Crippen LogP contribution is -2.31. The Morgan fingerprint density at radius 2 is 1.23 bits per heavy atom. The van der Waals surface area contributed by atoms with E-state index in [2.05, 4.69) is 15.5 Å². The average molecular weight is 315 g/mol. The van der Waals surface area contributed by atoms with Crippen molar-refractivity contribution in [3.05, 3.63) is 0 Å². The van der Waals surface area contributed by atoms with Crippen molar-refractivity contribution >= 4 is 11.8 Å². The average Bonchev–Trinajstić information content (AvgIpc) is 2.51. The number of hydrogen-bond donors (Lipinski definition) is 4. The van der Waals surface area contributed by atoms with E-state index in [0.717, 1.165) is 38.8 Å². The maximum absolute atomic E-state index is 11.4. The van der Waals surface area contributed by atoms with Gasteiger partial charge in [0, 0.05) is 25.9 Å².